The Hall–Kier alpha value is -1.45. The number of halogens is 2. The van der Waals surface area contributed by atoms with Gasteiger partial charge in [0.1, 0.15) is 11.9 Å². The molecular weight excluding hydrogens is 229 g/mol. The zero-order valence-corrected chi connectivity index (χ0v) is 9.03. The molecule has 1 aromatic heterocycles. The standard InChI is InChI=1S/C12H9ClFNO/c13-9-3-1-2-8(6-9)12(16)11-5-4-10(14)7-15-11/h1-7,12,16H. The van der Waals surface area contributed by atoms with Crippen LogP contribution >= 0.6 is 11.6 Å². The van der Waals surface area contributed by atoms with E-state index in [4.69, 9.17) is 11.6 Å². The molecule has 0 amide bonds. The molecule has 1 N–H and O–H groups in total. The largest absolute Gasteiger partial charge is 0.382 e. The molecule has 0 fully saturated rings. The average molecular weight is 238 g/mol. The van der Waals surface area contributed by atoms with Crippen molar-refractivity contribution in [3.63, 3.8) is 0 Å². The van der Waals surface area contributed by atoms with Gasteiger partial charge < -0.3 is 5.11 Å². The number of aliphatic hydroxyl groups excluding tert-OH is 1. The number of benzene rings is 1. The van der Waals surface area contributed by atoms with Crippen LogP contribution in [0.2, 0.25) is 5.02 Å². The molecule has 1 aromatic carbocycles. The molecule has 2 rings (SSSR count). The van der Waals surface area contributed by atoms with Crippen molar-refractivity contribution < 1.29 is 9.50 Å². The minimum atomic E-state index is -0.890. The maximum absolute atomic E-state index is 12.7. The highest BCUT2D eigenvalue weighted by atomic mass is 35.5. The van der Waals surface area contributed by atoms with E-state index in [1.807, 2.05) is 0 Å². The molecule has 0 spiro atoms. The van der Waals surface area contributed by atoms with Gasteiger partial charge in [0, 0.05) is 5.02 Å². The number of nitrogens with zero attached hydrogens (tertiary/aromatic N) is 1. The van der Waals surface area contributed by atoms with Crippen LogP contribution in [-0.2, 0) is 0 Å². The van der Waals surface area contributed by atoms with Crippen LogP contribution in [-0.4, -0.2) is 10.1 Å². The van der Waals surface area contributed by atoms with E-state index in [2.05, 4.69) is 4.98 Å². The predicted octanol–water partition coefficient (Wildman–Crippen LogP) is 2.96. The van der Waals surface area contributed by atoms with Crippen molar-refractivity contribution in [1.29, 1.82) is 0 Å². The quantitative estimate of drug-likeness (QED) is 0.871. The summed E-state index contributed by atoms with van der Waals surface area (Å²) in [5, 5.41) is 10.5. The first-order chi connectivity index (χ1) is 7.66. The Balaban J connectivity index is 2.31. The van der Waals surface area contributed by atoms with E-state index in [0.29, 0.717) is 16.3 Å². The summed E-state index contributed by atoms with van der Waals surface area (Å²) < 4.78 is 12.7. The highest BCUT2D eigenvalue weighted by molar-refractivity contribution is 6.30. The molecule has 0 saturated carbocycles. The third-order valence-electron chi connectivity index (χ3n) is 2.19. The van der Waals surface area contributed by atoms with Crippen LogP contribution in [0, 0.1) is 5.82 Å². The van der Waals surface area contributed by atoms with Crippen molar-refractivity contribution in [3.05, 3.63) is 64.7 Å². The third-order valence-corrected chi connectivity index (χ3v) is 2.43. The number of aromatic nitrogens is 1. The predicted molar refractivity (Wildman–Crippen MR) is 59.7 cm³/mol. The summed E-state index contributed by atoms with van der Waals surface area (Å²) in [6.45, 7) is 0. The van der Waals surface area contributed by atoms with E-state index < -0.39 is 11.9 Å². The molecule has 0 bridgehead atoms. The summed E-state index contributed by atoms with van der Waals surface area (Å²) in [6.07, 6.45) is 0.183. The van der Waals surface area contributed by atoms with Gasteiger partial charge in [-0.3, -0.25) is 4.98 Å². The number of pyridine rings is 1. The molecule has 4 heteroatoms. The topological polar surface area (TPSA) is 33.1 Å². The summed E-state index contributed by atoms with van der Waals surface area (Å²) in [5.74, 6) is -0.429. The van der Waals surface area contributed by atoms with Crippen LogP contribution in [0.4, 0.5) is 4.39 Å². The van der Waals surface area contributed by atoms with Gasteiger partial charge in [-0.25, -0.2) is 4.39 Å². The summed E-state index contributed by atoms with van der Waals surface area (Å²) in [7, 11) is 0. The van der Waals surface area contributed by atoms with Crippen LogP contribution in [0.1, 0.15) is 17.4 Å². The molecule has 1 heterocycles. The molecule has 0 aliphatic heterocycles. The Morgan fingerprint density at radius 1 is 1.25 bits per heavy atom. The van der Waals surface area contributed by atoms with Crippen LogP contribution in [0.3, 0.4) is 0 Å². The summed E-state index contributed by atoms with van der Waals surface area (Å²) in [4.78, 5) is 3.82. The van der Waals surface area contributed by atoms with Crippen LogP contribution in [0.15, 0.2) is 42.6 Å². The normalized spacial score (nSPS) is 12.4. The number of aliphatic hydroxyl groups is 1. The lowest BCUT2D eigenvalue weighted by atomic mass is 10.1. The molecule has 0 aliphatic rings. The van der Waals surface area contributed by atoms with E-state index in [0.717, 1.165) is 6.20 Å². The van der Waals surface area contributed by atoms with Crippen LogP contribution in [0.5, 0.6) is 0 Å². The van der Waals surface area contributed by atoms with Gasteiger partial charge in [0.15, 0.2) is 0 Å². The molecule has 2 aromatic rings. The average Bonchev–Trinajstić information content (AvgIpc) is 2.29. The van der Waals surface area contributed by atoms with Crippen molar-refractivity contribution in [2.24, 2.45) is 0 Å². The van der Waals surface area contributed by atoms with E-state index in [1.165, 1.54) is 12.1 Å². The molecule has 1 unspecified atom stereocenters. The van der Waals surface area contributed by atoms with Crippen molar-refractivity contribution >= 4 is 11.6 Å². The number of hydrogen-bond acceptors (Lipinski definition) is 2. The van der Waals surface area contributed by atoms with Gasteiger partial charge >= 0.3 is 0 Å². The minimum Gasteiger partial charge on any atom is -0.382 e. The first-order valence-corrected chi connectivity index (χ1v) is 5.09. The molecule has 1 atom stereocenters. The first-order valence-electron chi connectivity index (χ1n) is 4.72. The molecule has 0 saturated heterocycles. The van der Waals surface area contributed by atoms with Crippen molar-refractivity contribution in [2.75, 3.05) is 0 Å². The van der Waals surface area contributed by atoms with Crippen molar-refractivity contribution in [3.8, 4) is 0 Å². The fourth-order valence-electron chi connectivity index (χ4n) is 1.40. The smallest absolute Gasteiger partial charge is 0.141 e. The highest BCUT2D eigenvalue weighted by Gasteiger charge is 2.11. The van der Waals surface area contributed by atoms with E-state index in [1.54, 1.807) is 24.3 Å². The van der Waals surface area contributed by atoms with Crippen molar-refractivity contribution in [2.45, 2.75) is 6.10 Å². The molecular formula is C12H9ClFNO. The zero-order valence-electron chi connectivity index (χ0n) is 8.27. The second-order valence-corrected chi connectivity index (χ2v) is 3.80. The van der Waals surface area contributed by atoms with Gasteiger partial charge in [-0.05, 0) is 29.8 Å². The lowest BCUT2D eigenvalue weighted by Gasteiger charge is -2.10. The minimum absolute atomic E-state index is 0.392. The van der Waals surface area contributed by atoms with E-state index in [-0.39, 0.29) is 0 Å². The Morgan fingerprint density at radius 3 is 2.69 bits per heavy atom. The van der Waals surface area contributed by atoms with Gasteiger partial charge in [0.05, 0.1) is 11.9 Å². The molecule has 2 nitrogen and oxygen atoms in total. The summed E-state index contributed by atoms with van der Waals surface area (Å²) >= 11 is 5.81. The van der Waals surface area contributed by atoms with Crippen molar-refractivity contribution in [1.82, 2.24) is 4.98 Å². The fourth-order valence-corrected chi connectivity index (χ4v) is 1.60. The maximum atomic E-state index is 12.7. The lowest BCUT2D eigenvalue weighted by Crippen LogP contribution is -2.02. The summed E-state index contributed by atoms with van der Waals surface area (Å²) in [6, 6.07) is 9.55. The molecule has 82 valence electrons. The Morgan fingerprint density at radius 2 is 2.06 bits per heavy atom. The fraction of sp³-hybridized carbons (Fsp3) is 0.0833. The Kier molecular flexibility index (Phi) is 3.17. The number of hydrogen-bond donors (Lipinski definition) is 1. The number of rotatable bonds is 2. The Bertz CT molecular complexity index is 487. The van der Waals surface area contributed by atoms with Crippen LogP contribution < -0.4 is 0 Å². The second-order valence-electron chi connectivity index (χ2n) is 3.36. The van der Waals surface area contributed by atoms with Crippen LogP contribution in [0.25, 0.3) is 0 Å². The third kappa shape index (κ3) is 2.38. The summed E-state index contributed by atoms with van der Waals surface area (Å²) in [5.41, 5.74) is 1.02. The van der Waals surface area contributed by atoms with Gasteiger partial charge in [0.25, 0.3) is 0 Å². The van der Waals surface area contributed by atoms with Gasteiger partial charge in [-0.2, -0.15) is 0 Å². The van der Waals surface area contributed by atoms with Gasteiger partial charge in [-0.15, -0.1) is 0 Å². The zero-order chi connectivity index (χ0) is 11.5. The lowest BCUT2D eigenvalue weighted by molar-refractivity contribution is 0.215. The van der Waals surface area contributed by atoms with Gasteiger partial charge in [-0.1, -0.05) is 23.7 Å². The monoisotopic (exact) mass is 237 g/mol. The molecule has 0 aliphatic carbocycles. The van der Waals surface area contributed by atoms with E-state index >= 15 is 0 Å². The molecule has 0 radical (unpaired) electrons. The Labute approximate surface area is 97.3 Å². The second kappa shape index (κ2) is 4.60. The molecule has 16 heavy (non-hydrogen) atoms. The van der Waals surface area contributed by atoms with E-state index in [9.17, 15) is 9.50 Å². The highest BCUT2D eigenvalue weighted by Crippen LogP contribution is 2.22. The SMILES string of the molecule is OC(c1cccc(Cl)c1)c1ccc(F)cn1. The first kappa shape index (κ1) is 11.0. The maximum Gasteiger partial charge on any atom is 0.141 e. The van der Waals surface area contributed by atoms with Gasteiger partial charge in [0.2, 0.25) is 0 Å².